The summed E-state index contributed by atoms with van der Waals surface area (Å²) < 4.78 is 0. The van der Waals surface area contributed by atoms with Crippen LogP contribution in [0.1, 0.15) is 24.8 Å². The molecule has 0 aromatic carbocycles. The summed E-state index contributed by atoms with van der Waals surface area (Å²) in [5, 5.41) is 12.1. The van der Waals surface area contributed by atoms with Gasteiger partial charge in [0.2, 0.25) is 0 Å². The van der Waals surface area contributed by atoms with Gasteiger partial charge in [0, 0.05) is 12.0 Å². The molecule has 0 aliphatic rings. The molecule has 11 heavy (non-hydrogen) atoms. The van der Waals surface area contributed by atoms with Gasteiger partial charge in [-0.1, -0.05) is 6.92 Å². The molecule has 0 saturated heterocycles. The lowest BCUT2D eigenvalue weighted by Gasteiger charge is -2.15. The number of aromatic nitrogens is 2. The zero-order valence-corrected chi connectivity index (χ0v) is 7.85. The molecular formula is C7H13N3S. The molecule has 62 valence electrons. The lowest BCUT2D eigenvalue weighted by atomic mass is 10.1. The molecule has 2 atom stereocenters. The summed E-state index contributed by atoms with van der Waals surface area (Å²) in [4.78, 5) is 0. The van der Waals surface area contributed by atoms with Crippen LogP contribution in [0, 0.1) is 0 Å². The maximum Gasteiger partial charge on any atom is 0.121 e. The van der Waals surface area contributed by atoms with Crippen LogP contribution in [0.25, 0.3) is 0 Å². The van der Waals surface area contributed by atoms with Gasteiger partial charge in [-0.3, -0.25) is 0 Å². The van der Waals surface area contributed by atoms with E-state index in [0.717, 1.165) is 5.01 Å². The topological polar surface area (TPSA) is 37.8 Å². The molecule has 0 bridgehead atoms. The zero-order chi connectivity index (χ0) is 8.27. The van der Waals surface area contributed by atoms with Crippen molar-refractivity contribution in [2.24, 2.45) is 0 Å². The second-order valence-corrected chi connectivity index (χ2v) is 3.51. The van der Waals surface area contributed by atoms with Crippen LogP contribution in [0.2, 0.25) is 0 Å². The van der Waals surface area contributed by atoms with E-state index in [1.807, 2.05) is 7.05 Å². The normalized spacial score (nSPS) is 16.3. The minimum Gasteiger partial charge on any atom is -0.317 e. The van der Waals surface area contributed by atoms with E-state index in [1.54, 1.807) is 16.8 Å². The van der Waals surface area contributed by atoms with Crippen LogP contribution in [0.4, 0.5) is 0 Å². The van der Waals surface area contributed by atoms with Gasteiger partial charge in [-0.05, 0) is 14.0 Å². The average Bonchev–Trinajstić information content (AvgIpc) is 2.53. The van der Waals surface area contributed by atoms with Gasteiger partial charge >= 0.3 is 0 Å². The highest BCUT2D eigenvalue weighted by atomic mass is 32.1. The SMILES string of the molecule is CNC(C)C(C)c1nncs1. The zero-order valence-electron chi connectivity index (χ0n) is 7.03. The average molecular weight is 171 g/mol. The molecule has 3 nitrogen and oxygen atoms in total. The molecule has 0 aliphatic heterocycles. The molecule has 4 heteroatoms. The van der Waals surface area contributed by atoms with Crippen LogP contribution < -0.4 is 5.32 Å². The van der Waals surface area contributed by atoms with Crippen molar-refractivity contribution in [1.29, 1.82) is 0 Å². The van der Waals surface area contributed by atoms with Gasteiger partial charge in [0.05, 0.1) is 0 Å². The van der Waals surface area contributed by atoms with Crippen LogP contribution in [0.5, 0.6) is 0 Å². The fourth-order valence-electron chi connectivity index (χ4n) is 0.844. The minimum atomic E-state index is 0.451. The first-order chi connectivity index (χ1) is 5.25. The molecule has 0 fully saturated rings. The molecule has 1 N–H and O–H groups in total. The lowest BCUT2D eigenvalue weighted by Crippen LogP contribution is -2.27. The van der Waals surface area contributed by atoms with Gasteiger partial charge in [0.1, 0.15) is 10.5 Å². The van der Waals surface area contributed by atoms with Crippen LogP contribution in [0.3, 0.4) is 0 Å². The van der Waals surface area contributed by atoms with E-state index in [1.165, 1.54) is 0 Å². The Labute approximate surface area is 70.9 Å². The van der Waals surface area contributed by atoms with Crippen molar-refractivity contribution < 1.29 is 0 Å². The molecular weight excluding hydrogens is 158 g/mol. The Balaban J connectivity index is 2.62. The Bertz CT molecular complexity index is 197. The van der Waals surface area contributed by atoms with Crippen molar-refractivity contribution in [3.05, 3.63) is 10.5 Å². The van der Waals surface area contributed by atoms with Crippen LogP contribution in [-0.4, -0.2) is 23.3 Å². The van der Waals surface area contributed by atoms with Crippen molar-refractivity contribution >= 4 is 11.3 Å². The third-order valence-electron chi connectivity index (χ3n) is 1.97. The molecule has 0 amide bonds. The van der Waals surface area contributed by atoms with E-state index in [-0.39, 0.29) is 0 Å². The van der Waals surface area contributed by atoms with Gasteiger partial charge < -0.3 is 5.32 Å². The number of likely N-dealkylation sites (N-methyl/N-ethyl adjacent to an activating group) is 1. The highest BCUT2D eigenvalue weighted by molar-refractivity contribution is 7.09. The van der Waals surface area contributed by atoms with E-state index in [2.05, 4.69) is 29.4 Å². The first-order valence-corrected chi connectivity index (χ1v) is 4.57. The maximum atomic E-state index is 4.01. The number of hydrogen-bond donors (Lipinski definition) is 1. The van der Waals surface area contributed by atoms with E-state index in [4.69, 9.17) is 0 Å². The van der Waals surface area contributed by atoms with Crippen molar-refractivity contribution in [2.75, 3.05) is 7.05 Å². The molecule has 0 spiro atoms. The van der Waals surface area contributed by atoms with Crippen molar-refractivity contribution in [2.45, 2.75) is 25.8 Å². The maximum absolute atomic E-state index is 4.01. The first-order valence-electron chi connectivity index (χ1n) is 3.69. The predicted octanol–water partition coefficient (Wildman–Crippen LogP) is 1.25. The molecule has 0 saturated carbocycles. The van der Waals surface area contributed by atoms with Crippen LogP contribution in [-0.2, 0) is 0 Å². The minimum absolute atomic E-state index is 0.451. The highest BCUT2D eigenvalue weighted by Gasteiger charge is 2.14. The summed E-state index contributed by atoms with van der Waals surface area (Å²) in [5.74, 6) is 0.451. The summed E-state index contributed by atoms with van der Waals surface area (Å²) >= 11 is 1.61. The molecule has 2 unspecified atom stereocenters. The van der Waals surface area contributed by atoms with E-state index < -0.39 is 0 Å². The highest BCUT2D eigenvalue weighted by Crippen LogP contribution is 2.19. The standard InChI is InChI=1S/C7H13N3S/c1-5(6(2)8-3)7-10-9-4-11-7/h4-6,8H,1-3H3. The summed E-state index contributed by atoms with van der Waals surface area (Å²) in [5.41, 5.74) is 1.77. The van der Waals surface area contributed by atoms with E-state index in [0.29, 0.717) is 12.0 Å². The summed E-state index contributed by atoms with van der Waals surface area (Å²) in [7, 11) is 1.96. The van der Waals surface area contributed by atoms with Crippen LogP contribution in [0.15, 0.2) is 5.51 Å². The fraction of sp³-hybridized carbons (Fsp3) is 0.714. The van der Waals surface area contributed by atoms with Crippen molar-refractivity contribution in [3.63, 3.8) is 0 Å². The Morgan fingerprint density at radius 2 is 2.27 bits per heavy atom. The molecule has 0 radical (unpaired) electrons. The Hall–Kier alpha value is -0.480. The number of nitrogens with one attached hydrogen (secondary N) is 1. The van der Waals surface area contributed by atoms with Gasteiger partial charge in [-0.15, -0.1) is 21.5 Å². The Morgan fingerprint density at radius 1 is 1.55 bits per heavy atom. The lowest BCUT2D eigenvalue weighted by molar-refractivity contribution is 0.519. The number of nitrogens with zero attached hydrogens (tertiary/aromatic N) is 2. The van der Waals surface area contributed by atoms with Gasteiger partial charge in [-0.2, -0.15) is 0 Å². The summed E-state index contributed by atoms with van der Waals surface area (Å²) in [6.07, 6.45) is 0. The summed E-state index contributed by atoms with van der Waals surface area (Å²) in [6, 6.07) is 0.461. The smallest absolute Gasteiger partial charge is 0.121 e. The van der Waals surface area contributed by atoms with E-state index in [9.17, 15) is 0 Å². The first kappa shape index (κ1) is 8.62. The largest absolute Gasteiger partial charge is 0.317 e. The van der Waals surface area contributed by atoms with Crippen molar-refractivity contribution in [3.8, 4) is 0 Å². The van der Waals surface area contributed by atoms with Gasteiger partial charge in [0.15, 0.2) is 0 Å². The molecule has 1 aromatic heterocycles. The third-order valence-corrected chi connectivity index (χ3v) is 2.87. The quantitative estimate of drug-likeness (QED) is 0.743. The molecule has 1 rings (SSSR count). The van der Waals surface area contributed by atoms with Gasteiger partial charge in [-0.25, -0.2) is 0 Å². The number of rotatable bonds is 3. The second kappa shape index (κ2) is 3.78. The Kier molecular flexibility index (Phi) is 2.96. The third kappa shape index (κ3) is 1.97. The molecule has 0 aliphatic carbocycles. The predicted molar refractivity (Wildman–Crippen MR) is 46.8 cm³/mol. The monoisotopic (exact) mass is 171 g/mol. The fourth-order valence-corrected chi connectivity index (χ4v) is 1.56. The Morgan fingerprint density at radius 3 is 2.73 bits per heavy atom. The molecule has 1 aromatic rings. The number of hydrogen-bond acceptors (Lipinski definition) is 4. The van der Waals surface area contributed by atoms with Crippen LogP contribution >= 0.6 is 11.3 Å². The van der Waals surface area contributed by atoms with E-state index >= 15 is 0 Å². The van der Waals surface area contributed by atoms with Gasteiger partial charge in [0.25, 0.3) is 0 Å². The molecule has 1 heterocycles. The summed E-state index contributed by atoms with van der Waals surface area (Å²) in [6.45, 7) is 4.30. The van der Waals surface area contributed by atoms with Crippen molar-refractivity contribution in [1.82, 2.24) is 15.5 Å². The second-order valence-electron chi connectivity index (χ2n) is 2.64.